The standard InChI is InChI=1S/C17H15NO2/c1-11(17(19)20)18-16-8-4-7-14-9-12-5-2-3-6-13(12)10-15(14)16/h2-11,18H,1H3,(H,19,20)/t11-/m0/s1. The maximum absolute atomic E-state index is 11.0. The number of rotatable bonds is 3. The zero-order valence-electron chi connectivity index (χ0n) is 11.1. The van der Waals surface area contributed by atoms with Crippen molar-refractivity contribution in [3.63, 3.8) is 0 Å². The molecule has 0 saturated carbocycles. The van der Waals surface area contributed by atoms with E-state index < -0.39 is 12.0 Å². The first-order valence-corrected chi connectivity index (χ1v) is 6.56. The Hall–Kier alpha value is -2.55. The molecule has 0 fully saturated rings. The van der Waals surface area contributed by atoms with Gasteiger partial charge in [-0.25, -0.2) is 0 Å². The second-order valence-corrected chi connectivity index (χ2v) is 4.93. The topological polar surface area (TPSA) is 49.3 Å². The lowest BCUT2D eigenvalue weighted by molar-refractivity contribution is -0.137. The molecule has 0 aliphatic heterocycles. The van der Waals surface area contributed by atoms with E-state index in [0.717, 1.165) is 21.8 Å². The maximum Gasteiger partial charge on any atom is 0.325 e. The molecule has 0 bridgehead atoms. The minimum Gasteiger partial charge on any atom is -0.480 e. The zero-order valence-corrected chi connectivity index (χ0v) is 11.1. The lowest BCUT2D eigenvalue weighted by Crippen LogP contribution is -2.25. The Kier molecular flexibility index (Phi) is 3.03. The van der Waals surface area contributed by atoms with Crippen molar-refractivity contribution >= 4 is 33.2 Å². The van der Waals surface area contributed by atoms with Crippen molar-refractivity contribution in [3.8, 4) is 0 Å². The molecule has 0 amide bonds. The molecular weight excluding hydrogens is 250 g/mol. The second-order valence-electron chi connectivity index (χ2n) is 4.93. The van der Waals surface area contributed by atoms with Gasteiger partial charge in [0.2, 0.25) is 0 Å². The first-order chi connectivity index (χ1) is 9.65. The van der Waals surface area contributed by atoms with Crippen molar-refractivity contribution in [3.05, 3.63) is 54.6 Å². The molecule has 3 aromatic rings. The number of hydrogen-bond donors (Lipinski definition) is 2. The molecule has 3 aromatic carbocycles. The van der Waals surface area contributed by atoms with Gasteiger partial charge in [-0.15, -0.1) is 0 Å². The van der Waals surface area contributed by atoms with Crippen molar-refractivity contribution in [2.24, 2.45) is 0 Å². The van der Waals surface area contributed by atoms with Crippen LogP contribution >= 0.6 is 0 Å². The van der Waals surface area contributed by atoms with Crippen LogP contribution in [0.4, 0.5) is 5.69 Å². The highest BCUT2D eigenvalue weighted by Gasteiger charge is 2.11. The number of carboxylic acid groups (broad SMARTS) is 1. The Morgan fingerprint density at radius 3 is 2.35 bits per heavy atom. The minimum absolute atomic E-state index is 0.618. The minimum atomic E-state index is -0.859. The maximum atomic E-state index is 11.0. The van der Waals surface area contributed by atoms with Gasteiger partial charge in [-0.05, 0) is 41.3 Å². The van der Waals surface area contributed by atoms with Crippen LogP contribution in [0.2, 0.25) is 0 Å². The predicted molar refractivity (Wildman–Crippen MR) is 82.2 cm³/mol. The summed E-state index contributed by atoms with van der Waals surface area (Å²) in [6.45, 7) is 1.64. The quantitative estimate of drug-likeness (QED) is 0.706. The summed E-state index contributed by atoms with van der Waals surface area (Å²) >= 11 is 0. The Labute approximate surface area is 116 Å². The van der Waals surface area contributed by atoms with E-state index in [0.29, 0.717) is 0 Å². The average molecular weight is 265 g/mol. The van der Waals surface area contributed by atoms with Crippen LogP contribution in [0, 0.1) is 0 Å². The highest BCUT2D eigenvalue weighted by Crippen LogP contribution is 2.28. The summed E-state index contributed by atoms with van der Waals surface area (Å²) in [5.74, 6) is -0.859. The van der Waals surface area contributed by atoms with Crippen LogP contribution in [-0.4, -0.2) is 17.1 Å². The molecule has 0 aromatic heterocycles. The third-order valence-corrected chi connectivity index (χ3v) is 3.49. The fraction of sp³-hybridized carbons (Fsp3) is 0.118. The van der Waals surface area contributed by atoms with Gasteiger partial charge < -0.3 is 10.4 Å². The number of hydrogen-bond acceptors (Lipinski definition) is 2. The smallest absolute Gasteiger partial charge is 0.325 e. The van der Waals surface area contributed by atoms with Crippen LogP contribution in [0.25, 0.3) is 21.5 Å². The molecule has 3 rings (SSSR count). The van der Waals surface area contributed by atoms with Crippen LogP contribution in [-0.2, 0) is 4.79 Å². The van der Waals surface area contributed by atoms with Crippen molar-refractivity contribution in [1.29, 1.82) is 0 Å². The third kappa shape index (κ3) is 2.18. The van der Waals surface area contributed by atoms with E-state index in [9.17, 15) is 4.79 Å². The SMILES string of the molecule is C[C@H](Nc1cccc2cc3ccccc3cc12)C(=O)O. The summed E-state index contributed by atoms with van der Waals surface area (Å²) < 4.78 is 0. The van der Waals surface area contributed by atoms with E-state index in [1.54, 1.807) is 6.92 Å². The lowest BCUT2D eigenvalue weighted by Gasteiger charge is -2.14. The molecule has 0 saturated heterocycles. The fourth-order valence-electron chi connectivity index (χ4n) is 2.39. The van der Waals surface area contributed by atoms with E-state index >= 15 is 0 Å². The molecule has 2 N–H and O–H groups in total. The monoisotopic (exact) mass is 265 g/mol. The Morgan fingerprint density at radius 1 is 1.00 bits per heavy atom. The van der Waals surface area contributed by atoms with Crippen LogP contribution < -0.4 is 5.32 Å². The summed E-state index contributed by atoms with van der Waals surface area (Å²) in [6.07, 6.45) is 0. The molecule has 0 unspecified atom stereocenters. The average Bonchev–Trinajstić information content (AvgIpc) is 2.45. The Morgan fingerprint density at radius 2 is 1.65 bits per heavy atom. The molecular formula is C17H15NO2. The first kappa shape index (κ1) is 12.5. The molecule has 100 valence electrons. The number of carbonyl (C=O) groups is 1. The molecule has 0 heterocycles. The summed E-state index contributed by atoms with van der Waals surface area (Å²) in [5.41, 5.74) is 0.850. The Bertz CT molecular complexity index is 795. The van der Waals surface area contributed by atoms with Gasteiger partial charge in [0.05, 0.1) is 0 Å². The van der Waals surface area contributed by atoms with Crippen molar-refractivity contribution < 1.29 is 9.90 Å². The molecule has 3 heteroatoms. The molecule has 20 heavy (non-hydrogen) atoms. The van der Waals surface area contributed by atoms with Gasteiger partial charge in [-0.2, -0.15) is 0 Å². The van der Waals surface area contributed by atoms with Crippen molar-refractivity contribution in [2.45, 2.75) is 13.0 Å². The van der Waals surface area contributed by atoms with Crippen LogP contribution in [0.15, 0.2) is 54.6 Å². The highest BCUT2D eigenvalue weighted by molar-refractivity contribution is 6.04. The van der Waals surface area contributed by atoms with E-state index in [4.69, 9.17) is 5.11 Å². The van der Waals surface area contributed by atoms with Gasteiger partial charge in [-0.3, -0.25) is 4.79 Å². The van der Waals surface area contributed by atoms with Crippen molar-refractivity contribution in [1.82, 2.24) is 0 Å². The molecule has 0 spiro atoms. The molecule has 0 aliphatic carbocycles. The predicted octanol–water partition coefficient (Wildman–Crippen LogP) is 3.88. The summed E-state index contributed by atoms with van der Waals surface area (Å²) in [5, 5.41) is 16.6. The lowest BCUT2D eigenvalue weighted by atomic mass is 10.0. The van der Waals surface area contributed by atoms with Crippen LogP contribution in [0.1, 0.15) is 6.92 Å². The largest absolute Gasteiger partial charge is 0.480 e. The summed E-state index contributed by atoms with van der Waals surface area (Å²) in [6, 6.07) is 17.7. The molecule has 0 radical (unpaired) electrons. The number of nitrogens with one attached hydrogen (secondary N) is 1. The van der Waals surface area contributed by atoms with E-state index in [1.165, 1.54) is 5.39 Å². The normalized spacial score (nSPS) is 12.4. The highest BCUT2D eigenvalue weighted by atomic mass is 16.4. The fourth-order valence-corrected chi connectivity index (χ4v) is 2.39. The number of benzene rings is 3. The summed E-state index contributed by atoms with van der Waals surface area (Å²) in [4.78, 5) is 11.0. The van der Waals surface area contributed by atoms with E-state index in [-0.39, 0.29) is 0 Å². The van der Waals surface area contributed by atoms with Gasteiger partial charge >= 0.3 is 5.97 Å². The third-order valence-electron chi connectivity index (χ3n) is 3.49. The number of anilines is 1. The van der Waals surface area contributed by atoms with Crippen LogP contribution in [0.3, 0.4) is 0 Å². The van der Waals surface area contributed by atoms with Gasteiger partial charge in [0, 0.05) is 11.1 Å². The molecule has 0 aliphatic rings. The zero-order chi connectivity index (χ0) is 14.1. The second kappa shape index (κ2) is 4.85. The molecule has 3 nitrogen and oxygen atoms in total. The van der Waals surface area contributed by atoms with E-state index in [1.807, 2.05) is 30.3 Å². The van der Waals surface area contributed by atoms with Gasteiger partial charge in [0.15, 0.2) is 0 Å². The van der Waals surface area contributed by atoms with E-state index in [2.05, 4.69) is 29.6 Å². The Balaban J connectivity index is 2.17. The van der Waals surface area contributed by atoms with Crippen molar-refractivity contribution in [2.75, 3.05) is 5.32 Å². The van der Waals surface area contributed by atoms with Gasteiger partial charge in [-0.1, -0.05) is 36.4 Å². The number of carboxylic acids is 1. The number of fused-ring (bicyclic) bond motifs is 2. The van der Waals surface area contributed by atoms with Gasteiger partial charge in [0.1, 0.15) is 6.04 Å². The van der Waals surface area contributed by atoms with Crippen LogP contribution in [0.5, 0.6) is 0 Å². The first-order valence-electron chi connectivity index (χ1n) is 6.56. The molecule has 1 atom stereocenters. The van der Waals surface area contributed by atoms with Gasteiger partial charge in [0.25, 0.3) is 0 Å². The number of aliphatic carboxylic acids is 1. The summed E-state index contributed by atoms with van der Waals surface area (Å²) in [7, 11) is 0.